The summed E-state index contributed by atoms with van der Waals surface area (Å²) in [5.41, 5.74) is 0.355. The molecule has 0 fully saturated rings. The topological polar surface area (TPSA) is 88.9 Å². The fourth-order valence-electron chi connectivity index (χ4n) is 2.27. The molecular formula is C14H13ClFN5O2. The van der Waals surface area contributed by atoms with E-state index in [-0.39, 0.29) is 17.4 Å². The first-order valence-corrected chi connectivity index (χ1v) is 7.37. The van der Waals surface area contributed by atoms with Gasteiger partial charge in [0.15, 0.2) is 5.82 Å². The van der Waals surface area contributed by atoms with Crippen molar-refractivity contribution in [3.63, 3.8) is 0 Å². The van der Waals surface area contributed by atoms with Crippen molar-refractivity contribution in [1.29, 1.82) is 0 Å². The number of aromatic nitrogens is 3. The molecule has 0 saturated carbocycles. The number of rotatable bonds is 4. The lowest BCUT2D eigenvalue weighted by molar-refractivity contribution is -0.123. The number of carbonyl (C=O) groups excluding carboxylic acids is 2. The molecule has 23 heavy (non-hydrogen) atoms. The molecule has 1 aliphatic rings. The number of amides is 2. The molecule has 0 unspecified atom stereocenters. The molecule has 3 rings (SSSR count). The van der Waals surface area contributed by atoms with Crippen molar-refractivity contribution in [2.75, 3.05) is 10.6 Å². The zero-order chi connectivity index (χ0) is 16.6. The van der Waals surface area contributed by atoms with Gasteiger partial charge in [0.2, 0.25) is 11.9 Å². The van der Waals surface area contributed by atoms with Gasteiger partial charge in [0, 0.05) is 12.1 Å². The predicted molar refractivity (Wildman–Crippen MR) is 81.7 cm³/mol. The molecule has 1 aromatic carbocycles. The third-order valence-electron chi connectivity index (χ3n) is 3.41. The second-order valence-corrected chi connectivity index (χ2v) is 5.44. The normalized spacial score (nSPS) is 16.1. The van der Waals surface area contributed by atoms with E-state index >= 15 is 0 Å². The fourth-order valence-corrected chi connectivity index (χ4v) is 2.45. The second-order valence-electron chi connectivity index (χ2n) is 5.04. The largest absolute Gasteiger partial charge is 0.326 e. The first-order chi connectivity index (χ1) is 11.0. The number of anilines is 2. The zero-order valence-corrected chi connectivity index (χ0v) is 12.9. The average molecular weight is 338 g/mol. The van der Waals surface area contributed by atoms with E-state index in [4.69, 9.17) is 11.6 Å². The summed E-state index contributed by atoms with van der Waals surface area (Å²) in [4.78, 5) is 28.2. The molecule has 2 aromatic rings. The van der Waals surface area contributed by atoms with E-state index in [1.54, 1.807) is 0 Å². The van der Waals surface area contributed by atoms with Crippen molar-refractivity contribution in [3.8, 4) is 0 Å². The third-order valence-corrected chi connectivity index (χ3v) is 3.70. The molecule has 0 saturated heterocycles. The Morgan fingerprint density at radius 1 is 1.52 bits per heavy atom. The lowest BCUT2D eigenvalue weighted by atomic mass is 10.2. The molecule has 2 heterocycles. The highest BCUT2D eigenvalue weighted by Crippen LogP contribution is 2.26. The number of aryl methyl sites for hydroxylation is 1. The van der Waals surface area contributed by atoms with E-state index in [9.17, 15) is 14.0 Å². The standard InChI is InChI=1S/C14H13ClFN5O2/c1-2-11-18-14-19-13(23)10(21(14)20-11)6-12(22)17-7-3-4-9(16)8(15)5-7/h3-5,10H,2,6H2,1H3,(H,17,22)(H,18,19,20,23)/t10-/m1/s1. The first kappa shape index (κ1) is 15.4. The van der Waals surface area contributed by atoms with Gasteiger partial charge in [-0.05, 0) is 18.2 Å². The lowest BCUT2D eigenvalue weighted by Gasteiger charge is -2.10. The third kappa shape index (κ3) is 3.02. The van der Waals surface area contributed by atoms with Crippen molar-refractivity contribution in [3.05, 3.63) is 34.9 Å². The number of nitrogens with zero attached hydrogens (tertiary/aromatic N) is 3. The molecule has 7 nitrogen and oxygen atoms in total. The summed E-state index contributed by atoms with van der Waals surface area (Å²) in [6, 6.07) is 3.10. The predicted octanol–water partition coefficient (Wildman–Crippen LogP) is 2.15. The minimum Gasteiger partial charge on any atom is -0.326 e. The highest BCUT2D eigenvalue weighted by molar-refractivity contribution is 6.31. The Bertz CT molecular complexity index is 791. The van der Waals surface area contributed by atoms with E-state index < -0.39 is 17.8 Å². The van der Waals surface area contributed by atoms with Crippen molar-refractivity contribution >= 4 is 35.1 Å². The quantitative estimate of drug-likeness (QED) is 0.894. The van der Waals surface area contributed by atoms with Gasteiger partial charge in [-0.1, -0.05) is 18.5 Å². The molecule has 2 amide bonds. The van der Waals surface area contributed by atoms with E-state index in [2.05, 4.69) is 20.7 Å². The maximum Gasteiger partial charge on any atom is 0.252 e. The van der Waals surface area contributed by atoms with Crippen LogP contribution in [0.1, 0.15) is 25.2 Å². The molecule has 1 aliphatic heterocycles. The van der Waals surface area contributed by atoms with Crippen molar-refractivity contribution in [2.24, 2.45) is 0 Å². The average Bonchev–Trinajstić information content (AvgIpc) is 3.02. The zero-order valence-electron chi connectivity index (χ0n) is 12.1. The highest BCUT2D eigenvalue weighted by Gasteiger charge is 2.34. The van der Waals surface area contributed by atoms with E-state index in [1.165, 1.54) is 16.8 Å². The van der Waals surface area contributed by atoms with E-state index in [1.807, 2.05) is 6.92 Å². The number of benzene rings is 1. The summed E-state index contributed by atoms with van der Waals surface area (Å²) in [5, 5.41) is 9.27. The molecule has 120 valence electrons. The fraction of sp³-hybridized carbons (Fsp3) is 0.286. The molecule has 1 atom stereocenters. The number of nitrogens with one attached hydrogen (secondary N) is 2. The molecule has 9 heteroatoms. The maximum absolute atomic E-state index is 13.1. The minimum atomic E-state index is -0.756. The summed E-state index contributed by atoms with van der Waals surface area (Å²) in [6.45, 7) is 1.90. The van der Waals surface area contributed by atoms with Gasteiger partial charge in [-0.2, -0.15) is 10.1 Å². The van der Waals surface area contributed by atoms with Gasteiger partial charge < -0.3 is 5.32 Å². The van der Waals surface area contributed by atoms with E-state index in [0.717, 1.165) is 6.07 Å². The summed E-state index contributed by atoms with van der Waals surface area (Å²) in [5.74, 6) is -0.381. The monoisotopic (exact) mass is 337 g/mol. The van der Waals surface area contributed by atoms with Gasteiger partial charge in [-0.15, -0.1) is 0 Å². The molecular weight excluding hydrogens is 325 g/mol. The summed E-state index contributed by atoms with van der Waals surface area (Å²) in [7, 11) is 0. The van der Waals surface area contributed by atoms with Crippen LogP contribution in [0.2, 0.25) is 5.02 Å². The second kappa shape index (κ2) is 5.96. The number of halogens is 2. The van der Waals surface area contributed by atoms with E-state index in [0.29, 0.717) is 23.9 Å². The van der Waals surface area contributed by atoms with Crippen LogP contribution < -0.4 is 10.6 Å². The Morgan fingerprint density at radius 3 is 3.00 bits per heavy atom. The van der Waals surface area contributed by atoms with Crippen LogP contribution in [0, 0.1) is 5.82 Å². The Morgan fingerprint density at radius 2 is 2.30 bits per heavy atom. The van der Waals surface area contributed by atoms with Crippen molar-refractivity contribution in [2.45, 2.75) is 25.8 Å². The number of hydrogen-bond donors (Lipinski definition) is 2. The van der Waals surface area contributed by atoms with Crippen LogP contribution in [0.4, 0.5) is 16.0 Å². The van der Waals surface area contributed by atoms with Crippen LogP contribution in [-0.4, -0.2) is 26.6 Å². The smallest absolute Gasteiger partial charge is 0.252 e. The Balaban J connectivity index is 1.71. The SMILES string of the molecule is CCc1nc2n(n1)[C@H](CC(=O)Nc1ccc(F)c(Cl)c1)C(=O)N2. The van der Waals surface area contributed by atoms with Crippen LogP contribution in [0.15, 0.2) is 18.2 Å². The molecule has 0 bridgehead atoms. The van der Waals surface area contributed by atoms with Gasteiger partial charge in [0.05, 0.1) is 11.4 Å². The number of hydrogen-bond acceptors (Lipinski definition) is 4. The first-order valence-electron chi connectivity index (χ1n) is 6.99. The summed E-state index contributed by atoms with van der Waals surface area (Å²) < 4.78 is 14.5. The molecule has 2 N–H and O–H groups in total. The molecule has 0 spiro atoms. The maximum atomic E-state index is 13.1. The number of carbonyl (C=O) groups is 2. The van der Waals surface area contributed by atoms with Crippen LogP contribution >= 0.6 is 11.6 Å². The van der Waals surface area contributed by atoms with Gasteiger partial charge in [-0.25, -0.2) is 9.07 Å². The van der Waals surface area contributed by atoms with Gasteiger partial charge in [-0.3, -0.25) is 14.9 Å². The van der Waals surface area contributed by atoms with Crippen molar-refractivity contribution < 1.29 is 14.0 Å². The lowest BCUT2D eigenvalue weighted by Crippen LogP contribution is -2.24. The summed E-state index contributed by atoms with van der Waals surface area (Å²) >= 11 is 5.66. The Labute approximate surface area is 135 Å². The highest BCUT2D eigenvalue weighted by atomic mass is 35.5. The molecule has 0 aliphatic carbocycles. The Kier molecular flexibility index (Phi) is 3.99. The van der Waals surface area contributed by atoms with Crippen LogP contribution in [-0.2, 0) is 16.0 Å². The van der Waals surface area contributed by atoms with Gasteiger partial charge >= 0.3 is 0 Å². The van der Waals surface area contributed by atoms with Crippen LogP contribution in [0.5, 0.6) is 0 Å². The van der Waals surface area contributed by atoms with Crippen LogP contribution in [0.3, 0.4) is 0 Å². The summed E-state index contributed by atoms with van der Waals surface area (Å²) in [6.07, 6.45) is 0.517. The Hall–Kier alpha value is -2.48. The minimum absolute atomic E-state index is 0.0902. The number of fused-ring (bicyclic) bond motifs is 1. The van der Waals surface area contributed by atoms with Gasteiger partial charge in [0.1, 0.15) is 11.9 Å². The molecule has 0 radical (unpaired) electrons. The molecule has 1 aromatic heterocycles. The van der Waals surface area contributed by atoms with Gasteiger partial charge in [0.25, 0.3) is 5.91 Å². The van der Waals surface area contributed by atoms with Crippen molar-refractivity contribution in [1.82, 2.24) is 14.8 Å². The van der Waals surface area contributed by atoms with Crippen LogP contribution in [0.25, 0.3) is 0 Å².